The molecule has 0 saturated heterocycles. The van der Waals surface area contributed by atoms with Crippen molar-refractivity contribution >= 4 is 63.0 Å². The molecule has 0 aliphatic heterocycles. The van der Waals surface area contributed by atoms with Crippen molar-refractivity contribution in [1.82, 2.24) is 0 Å². The number of amides is 2. The van der Waals surface area contributed by atoms with Crippen molar-refractivity contribution in [3.63, 3.8) is 0 Å². The average Bonchev–Trinajstić information content (AvgIpc) is 3.06. The maximum Gasteiger partial charge on any atom is 0.341 e. The molecule has 1 heterocycles. The van der Waals surface area contributed by atoms with E-state index in [1.165, 1.54) is 25.3 Å². The molecule has 0 radical (unpaired) electrons. The number of methoxy groups -OCH3 is 1. The molecule has 2 amide bonds. The van der Waals surface area contributed by atoms with Crippen LogP contribution in [0.3, 0.4) is 0 Å². The fourth-order valence-corrected chi connectivity index (χ4v) is 4.66. The molecule has 3 rings (SSSR count). The average molecular weight is 491 g/mol. The molecule has 0 aliphatic rings. The number of benzene rings is 2. The van der Waals surface area contributed by atoms with E-state index in [1.807, 2.05) is 26.0 Å². The molecule has 0 fully saturated rings. The van der Waals surface area contributed by atoms with Crippen molar-refractivity contribution in [2.75, 3.05) is 17.7 Å². The minimum Gasteiger partial charge on any atom is -0.465 e. The second kappa shape index (κ2) is 9.73. The summed E-state index contributed by atoms with van der Waals surface area (Å²) in [5.74, 6) is -1.60. The van der Waals surface area contributed by atoms with Crippen LogP contribution in [0.15, 0.2) is 36.4 Å². The number of ether oxygens (including phenoxy) is 1. The molecular formula is C23H20Cl2N2O4S. The van der Waals surface area contributed by atoms with Gasteiger partial charge in [-0.3, -0.25) is 9.59 Å². The molecule has 32 heavy (non-hydrogen) atoms. The van der Waals surface area contributed by atoms with Gasteiger partial charge in [-0.1, -0.05) is 35.3 Å². The fraction of sp³-hybridized carbons (Fsp3) is 0.174. The molecule has 0 aliphatic carbocycles. The first kappa shape index (κ1) is 23.8. The maximum absolute atomic E-state index is 13.0. The highest BCUT2D eigenvalue weighted by molar-refractivity contribution is 7.19. The Hall–Kier alpha value is -2.87. The van der Waals surface area contributed by atoms with E-state index in [0.29, 0.717) is 16.3 Å². The Balaban J connectivity index is 1.97. The Morgan fingerprint density at radius 1 is 0.938 bits per heavy atom. The summed E-state index contributed by atoms with van der Waals surface area (Å²) in [7, 11) is 1.23. The van der Waals surface area contributed by atoms with Crippen LogP contribution in [0.25, 0.3) is 0 Å². The third-order valence-corrected chi connectivity index (χ3v) is 6.75. The van der Waals surface area contributed by atoms with Gasteiger partial charge in [-0.25, -0.2) is 4.79 Å². The normalized spacial score (nSPS) is 10.6. The minimum absolute atomic E-state index is 0.113. The quantitative estimate of drug-likeness (QED) is 0.412. The van der Waals surface area contributed by atoms with Crippen LogP contribution in [0.5, 0.6) is 0 Å². The monoisotopic (exact) mass is 490 g/mol. The van der Waals surface area contributed by atoms with Gasteiger partial charge < -0.3 is 15.4 Å². The smallest absolute Gasteiger partial charge is 0.341 e. The zero-order valence-electron chi connectivity index (χ0n) is 17.8. The summed E-state index contributed by atoms with van der Waals surface area (Å²) in [6, 6.07) is 10.1. The molecule has 6 nitrogen and oxygen atoms in total. The molecule has 2 N–H and O–H groups in total. The lowest BCUT2D eigenvalue weighted by Crippen LogP contribution is -2.15. The largest absolute Gasteiger partial charge is 0.465 e. The van der Waals surface area contributed by atoms with E-state index in [-0.39, 0.29) is 26.0 Å². The predicted octanol–water partition coefficient (Wildman–Crippen LogP) is 6.27. The van der Waals surface area contributed by atoms with Gasteiger partial charge in [-0.15, -0.1) is 11.3 Å². The molecule has 0 atom stereocenters. The first-order chi connectivity index (χ1) is 15.1. The SMILES string of the molecule is COC(=O)c1c(NC(=O)c2ccc(Cl)cc2Cl)sc(C(=O)Nc2cccc(C)c2C)c1C. The van der Waals surface area contributed by atoms with Crippen LogP contribution in [0.4, 0.5) is 10.7 Å². The van der Waals surface area contributed by atoms with Crippen LogP contribution in [0.1, 0.15) is 47.1 Å². The van der Waals surface area contributed by atoms with Crippen molar-refractivity contribution in [2.24, 2.45) is 0 Å². The van der Waals surface area contributed by atoms with Gasteiger partial charge in [-0.2, -0.15) is 0 Å². The number of aryl methyl sites for hydroxylation is 1. The van der Waals surface area contributed by atoms with Gasteiger partial charge in [-0.05, 0) is 61.7 Å². The third kappa shape index (κ3) is 4.80. The summed E-state index contributed by atoms with van der Waals surface area (Å²) in [5.41, 5.74) is 3.34. The van der Waals surface area contributed by atoms with Gasteiger partial charge in [0.1, 0.15) is 5.00 Å². The standard InChI is InChI=1S/C23H20Cl2N2O4S/c1-11-6-5-7-17(12(11)2)26-21(29)19-13(3)18(23(30)31-4)22(32-19)27-20(28)15-9-8-14(24)10-16(15)25/h5-10H,1-4H3,(H,26,29)(H,27,28). The van der Waals surface area contributed by atoms with E-state index in [1.54, 1.807) is 13.0 Å². The molecule has 0 unspecified atom stereocenters. The summed E-state index contributed by atoms with van der Waals surface area (Å²) >= 11 is 13.0. The maximum atomic E-state index is 13.0. The number of nitrogens with one attached hydrogen (secondary N) is 2. The molecule has 0 bridgehead atoms. The summed E-state index contributed by atoms with van der Waals surface area (Å²) in [4.78, 5) is 38.5. The lowest BCUT2D eigenvalue weighted by molar-refractivity contribution is 0.0601. The highest BCUT2D eigenvalue weighted by Gasteiger charge is 2.27. The second-order valence-corrected chi connectivity index (χ2v) is 8.90. The first-order valence-electron chi connectivity index (χ1n) is 9.49. The highest BCUT2D eigenvalue weighted by atomic mass is 35.5. The zero-order chi connectivity index (χ0) is 23.6. The van der Waals surface area contributed by atoms with Crippen LogP contribution >= 0.6 is 34.5 Å². The lowest BCUT2D eigenvalue weighted by Gasteiger charge is -2.10. The van der Waals surface area contributed by atoms with Gasteiger partial charge in [0.25, 0.3) is 11.8 Å². The van der Waals surface area contributed by atoms with E-state index < -0.39 is 17.8 Å². The highest BCUT2D eigenvalue weighted by Crippen LogP contribution is 2.35. The number of thiophene rings is 1. The van der Waals surface area contributed by atoms with Crippen molar-refractivity contribution in [2.45, 2.75) is 20.8 Å². The number of carbonyl (C=O) groups is 3. The van der Waals surface area contributed by atoms with Crippen LogP contribution in [-0.2, 0) is 4.74 Å². The first-order valence-corrected chi connectivity index (χ1v) is 11.1. The van der Waals surface area contributed by atoms with Crippen molar-refractivity contribution in [3.05, 3.63) is 79.1 Å². The van der Waals surface area contributed by atoms with Crippen molar-refractivity contribution < 1.29 is 19.1 Å². The number of rotatable bonds is 5. The Morgan fingerprint density at radius 3 is 2.31 bits per heavy atom. The number of halogens is 2. The van der Waals surface area contributed by atoms with Gasteiger partial charge in [0.2, 0.25) is 0 Å². The molecule has 9 heteroatoms. The van der Waals surface area contributed by atoms with Crippen LogP contribution in [0.2, 0.25) is 10.0 Å². The summed E-state index contributed by atoms with van der Waals surface area (Å²) < 4.78 is 4.87. The van der Waals surface area contributed by atoms with Gasteiger partial charge in [0.15, 0.2) is 0 Å². The van der Waals surface area contributed by atoms with Crippen molar-refractivity contribution in [3.8, 4) is 0 Å². The number of carbonyl (C=O) groups excluding carboxylic acids is 3. The summed E-state index contributed by atoms with van der Waals surface area (Å²) in [6.07, 6.45) is 0. The number of anilines is 2. The summed E-state index contributed by atoms with van der Waals surface area (Å²) in [5, 5.41) is 6.29. The zero-order valence-corrected chi connectivity index (χ0v) is 20.1. The van der Waals surface area contributed by atoms with Crippen LogP contribution in [-0.4, -0.2) is 24.9 Å². The van der Waals surface area contributed by atoms with E-state index in [2.05, 4.69) is 10.6 Å². The van der Waals surface area contributed by atoms with Crippen molar-refractivity contribution in [1.29, 1.82) is 0 Å². The Kier molecular flexibility index (Phi) is 7.23. The molecule has 0 saturated carbocycles. The second-order valence-electron chi connectivity index (χ2n) is 7.03. The predicted molar refractivity (Wildman–Crippen MR) is 129 cm³/mol. The lowest BCUT2D eigenvalue weighted by atomic mass is 10.1. The molecule has 0 spiro atoms. The molecular weight excluding hydrogens is 471 g/mol. The Bertz CT molecular complexity index is 1240. The third-order valence-electron chi connectivity index (χ3n) is 5.00. The number of hydrogen-bond donors (Lipinski definition) is 2. The number of hydrogen-bond acceptors (Lipinski definition) is 5. The van der Waals surface area contributed by atoms with E-state index in [0.717, 1.165) is 22.5 Å². The molecule has 2 aromatic carbocycles. The molecule has 166 valence electrons. The van der Waals surface area contributed by atoms with E-state index >= 15 is 0 Å². The van der Waals surface area contributed by atoms with E-state index in [4.69, 9.17) is 27.9 Å². The van der Waals surface area contributed by atoms with Crippen LogP contribution < -0.4 is 10.6 Å². The summed E-state index contributed by atoms with van der Waals surface area (Å²) in [6.45, 7) is 5.49. The van der Waals surface area contributed by atoms with Gasteiger partial charge in [0, 0.05) is 10.7 Å². The minimum atomic E-state index is -0.665. The Morgan fingerprint density at radius 2 is 1.66 bits per heavy atom. The topological polar surface area (TPSA) is 84.5 Å². The van der Waals surface area contributed by atoms with Crippen LogP contribution in [0, 0.1) is 20.8 Å². The molecule has 3 aromatic rings. The van der Waals surface area contributed by atoms with E-state index in [9.17, 15) is 14.4 Å². The number of esters is 1. The van der Waals surface area contributed by atoms with Gasteiger partial charge >= 0.3 is 5.97 Å². The van der Waals surface area contributed by atoms with Gasteiger partial charge in [0.05, 0.1) is 28.1 Å². The molecule has 1 aromatic heterocycles. The fourth-order valence-electron chi connectivity index (χ4n) is 3.08. The Labute approximate surface area is 199 Å².